The van der Waals surface area contributed by atoms with Crippen LogP contribution in [0.15, 0.2) is 0 Å². The molecule has 4 N–H and O–H groups in total. The molecule has 0 bridgehead atoms. The van der Waals surface area contributed by atoms with E-state index in [9.17, 15) is 9.59 Å². The number of hydrogen-bond acceptors (Lipinski definition) is 3. The van der Waals surface area contributed by atoms with Gasteiger partial charge in [-0.1, -0.05) is 20.8 Å². The first kappa shape index (κ1) is 18.9. The summed E-state index contributed by atoms with van der Waals surface area (Å²) >= 11 is 0. The van der Waals surface area contributed by atoms with E-state index in [2.05, 4.69) is 31.4 Å². The molecule has 5 nitrogen and oxygen atoms in total. The SMILES string of the molecule is CC(C)(C)CC(CN)C(=O)NCCC(=O)NC(C)(C)C. The lowest BCUT2D eigenvalue weighted by molar-refractivity contribution is -0.126. The Morgan fingerprint density at radius 1 is 1.10 bits per heavy atom. The van der Waals surface area contributed by atoms with Gasteiger partial charge in [-0.2, -0.15) is 0 Å². The second-order valence-electron chi connectivity index (χ2n) is 7.54. The number of nitrogens with one attached hydrogen (secondary N) is 2. The molecule has 5 heteroatoms. The van der Waals surface area contributed by atoms with Crippen molar-refractivity contribution in [2.75, 3.05) is 13.1 Å². The minimum Gasteiger partial charge on any atom is -0.355 e. The number of nitrogens with two attached hydrogens (primary N) is 1. The minimum absolute atomic E-state index is 0.0575. The van der Waals surface area contributed by atoms with Crippen LogP contribution in [0.2, 0.25) is 0 Å². The summed E-state index contributed by atoms with van der Waals surface area (Å²) in [6.45, 7) is 12.7. The predicted octanol–water partition coefficient (Wildman–Crippen LogP) is 1.42. The lowest BCUT2D eigenvalue weighted by Gasteiger charge is -2.24. The molecule has 0 aromatic carbocycles. The maximum atomic E-state index is 12.0. The summed E-state index contributed by atoms with van der Waals surface area (Å²) in [5, 5.41) is 5.65. The topological polar surface area (TPSA) is 84.2 Å². The number of carbonyl (C=O) groups excluding carboxylic acids is 2. The zero-order valence-corrected chi connectivity index (χ0v) is 13.8. The quantitative estimate of drug-likeness (QED) is 0.690. The molecule has 0 aromatic rings. The highest BCUT2D eigenvalue weighted by atomic mass is 16.2. The molecule has 0 aliphatic heterocycles. The lowest BCUT2D eigenvalue weighted by atomic mass is 9.84. The maximum absolute atomic E-state index is 12.0. The fourth-order valence-corrected chi connectivity index (χ4v) is 1.95. The number of hydrogen-bond donors (Lipinski definition) is 3. The summed E-state index contributed by atoms with van der Waals surface area (Å²) in [4.78, 5) is 23.6. The molecule has 0 fully saturated rings. The van der Waals surface area contributed by atoms with E-state index in [1.54, 1.807) is 0 Å². The first-order chi connectivity index (χ1) is 8.94. The maximum Gasteiger partial charge on any atom is 0.224 e. The van der Waals surface area contributed by atoms with Crippen molar-refractivity contribution in [1.29, 1.82) is 0 Å². The highest BCUT2D eigenvalue weighted by Gasteiger charge is 2.23. The molecule has 2 amide bonds. The molecule has 0 saturated carbocycles. The molecule has 0 heterocycles. The predicted molar refractivity (Wildman–Crippen MR) is 82.1 cm³/mol. The lowest BCUT2D eigenvalue weighted by Crippen LogP contribution is -2.43. The Labute approximate surface area is 123 Å². The fourth-order valence-electron chi connectivity index (χ4n) is 1.95. The average Bonchev–Trinajstić information content (AvgIpc) is 2.21. The van der Waals surface area contributed by atoms with Crippen molar-refractivity contribution in [1.82, 2.24) is 10.6 Å². The standard InChI is InChI=1S/C15H31N3O2/c1-14(2,3)9-11(10-16)13(20)17-8-7-12(19)18-15(4,5)6/h11H,7-10,16H2,1-6H3,(H,17,20)(H,18,19). The normalized spacial score (nSPS) is 13.8. The molecule has 0 rings (SSSR count). The Kier molecular flexibility index (Phi) is 7.20. The summed E-state index contributed by atoms with van der Waals surface area (Å²) in [6.07, 6.45) is 1.03. The summed E-state index contributed by atoms with van der Waals surface area (Å²) < 4.78 is 0. The Morgan fingerprint density at radius 2 is 1.65 bits per heavy atom. The van der Waals surface area contributed by atoms with Gasteiger partial charge in [-0.25, -0.2) is 0 Å². The zero-order chi connectivity index (χ0) is 16.0. The number of carbonyl (C=O) groups is 2. The Bertz CT molecular complexity index is 327. The van der Waals surface area contributed by atoms with Crippen molar-refractivity contribution in [2.24, 2.45) is 17.1 Å². The molecule has 20 heavy (non-hydrogen) atoms. The molecule has 0 aliphatic carbocycles. The van der Waals surface area contributed by atoms with E-state index in [1.165, 1.54) is 0 Å². The van der Waals surface area contributed by atoms with Crippen LogP contribution in [0.1, 0.15) is 54.4 Å². The highest BCUT2D eigenvalue weighted by molar-refractivity contribution is 5.80. The van der Waals surface area contributed by atoms with E-state index in [-0.39, 0.29) is 35.1 Å². The van der Waals surface area contributed by atoms with Crippen molar-refractivity contribution in [3.05, 3.63) is 0 Å². The average molecular weight is 285 g/mol. The van der Waals surface area contributed by atoms with Crippen LogP contribution in [-0.2, 0) is 9.59 Å². The van der Waals surface area contributed by atoms with E-state index in [4.69, 9.17) is 5.73 Å². The largest absolute Gasteiger partial charge is 0.355 e. The van der Waals surface area contributed by atoms with Crippen LogP contribution in [-0.4, -0.2) is 30.4 Å². The molecule has 0 spiro atoms. The van der Waals surface area contributed by atoms with Crippen LogP contribution in [0, 0.1) is 11.3 Å². The van der Waals surface area contributed by atoms with E-state index in [1.807, 2.05) is 20.8 Å². The number of rotatable bonds is 6. The van der Waals surface area contributed by atoms with E-state index < -0.39 is 0 Å². The third kappa shape index (κ3) is 9.78. The van der Waals surface area contributed by atoms with Gasteiger partial charge in [0.15, 0.2) is 0 Å². The monoisotopic (exact) mass is 285 g/mol. The molecule has 0 saturated heterocycles. The van der Waals surface area contributed by atoms with Crippen molar-refractivity contribution >= 4 is 11.8 Å². The molecular weight excluding hydrogens is 254 g/mol. The minimum atomic E-state index is -0.243. The first-order valence-electron chi connectivity index (χ1n) is 7.23. The summed E-state index contributed by atoms with van der Waals surface area (Å²) in [5.74, 6) is -0.315. The molecule has 0 radical (unpaired) electrons. The van der Waals surface area contributed by atoms with Crippen LogP contribution < -0.4 is 16.4 Å². The third-order valence-electron chi connectivity index (χ3n) is 2.68. The molecule has 1 atom stereocenters. The molecular formula is C15H31N3O2. The van der Waals surface area contributed by atoms with Gasteiger partial charge in [0.2, 0.25) is 11.8 Å². The number of amides is 2. The molecule has 0 aliphatic rings. The Balaban J connectivity index is 4.12. The van der Waals surface area contributed by atoms with Crippen molar-refractivity contribution in [3.8, 4) is 0 Å². The fraction of sp³-hybridized carbons (Fsp3) is 0.867. The van der Waals surface area contributed by atoms with Crippen LogP contribution in [0.25, 0.3) is 0 Å². The van der Waals surface area contributed by atoms with Gasteiger partial charge >= 0.3 is 0 Å². The van der Waals surface area contributed by atoms with E-state index in [0.29, 0.717) is 13.1 Å². The van der Waals surface area contributed by atoms with Crippen molar-refractivity contribution < 1.29 is 9.59 Å². The Hall–Kier alpha value is -1.10. The van der Waals surface area contributed by atoms with Gasteiger partial charge in [0.25, 0.3) is 0 Å². The van der Waals surface area contributed by atoms with Gasteiger partial charge in [0.1, 0.15) is 0 Å². The second kappa shape index (κ2) is 7.62. The summed E-state index contributed by atoms with van der Waals surface area (Å²) in [7, 11) is 0. The van der Waals surface area contributed by atoms with Crippen LogP contribution in [0.3, 0.4) is 0 Å². The molecule has 118 valence electrons. The third-order valence-corrected chi connectivity index (χ3v) is 2.68. The van der Waals surface area contributed by atoms with Gasteiger partial charge in [0, 0.05) is 25.0 Å². The molecule has 1 unspecified atom stereocenters. The summed E-state index contributed by atoms with van der Waals surface area (Å²) in [5.41, 5.74) is 5.47. The van der Waals surface area contributed by atoms with Gasteiger partial charge in [-0.15, -0.1) is 0 Å². The van der Waals surface area contributed by atoms with Crippen LogP contribution >= 0.6 is 0 Å². The van der Waals surface area contributed by atoms with E-state index in [0.717, 1.165) is 6.42 Å². The van der Waals surface area contributed by atoms with Crippen molar-refractivity contribution in [2.45, 2.75) is 59.9 Å². The van der Waals surface area contributed by atoms with Crippen LogP contribution in [0.5, 0.6) is 0 Å². The van der Waals surface area contributed by atoms with E-state index >= 15 is 0 Å². The smallest absolute Gasteiger partial charge is 0.224 e. The Morgan fingerprint density at radius 3 is 2.05 bits per heavy atom. The zero-order valence-electron chi connectivity index (χ0n) is 13.8. The first-order valence-corrected chi connectivity index (χ1v) is 7.23. The summed E-state index contributed by atoms with van der Waals surface area (Å²) in [6, 6.07) is 0. The van der Waals surface area contributed by atoms with Gasteiger partial charge in [-0.05, 0) is 32.6 Å². The molecule has 0 aromatic heterocycles. The van der Waals surface area contributed by atoms with Crippen LogP contribution in [0.4, 0.5) is 0 Å². The van der Waals surface area contributed by atoms with Gasteiger partial charge in [-0.3, -0.25) is 9.59 Å². The van der Waals surface area contributed by atoms with Gasteiger partial charge < -0.3 is 16.4 Å². The highest BCUT2D eigenvalue weighted by Crippen LogP contribution is 2.23. The second-order valence-corrected chi connectivity index (χ2v) is 7.54. The van der Waals surface area contributed by atoms with Crippen molar-refractivity contribution in [3.63, 3.8) is 0 Å². The van der Waals surface area contributed by atoms with Gasteiger partial charge in [0.05, 0.1) is 5.92 Å².